The number of anilines is 1. The Kier molecular flexibility index (Phi) is 5.96. The first kappa shape index (κ1) is 18.8. The van der Waals surface area contributed by atoms with E-state index in [-0.39, 0.29) is 6.42 Å². The van der Waals surface area contributed by atoms with E-state index >= 15 is 0 Å². The second-order valence-electron chi connectivity index (χ2n) is 5.61. The van der Waals surface area contributed by atoms with Crippen LogP contribution in [0.5, 0.6) is 0 Å². The molecule has 0 aliphatic carbocycles. The molecule has 0 fully saturated rings. The number of thiophene rings is 1. The minimum Gasteiger partial charge on any atom is -0.452 e. The van der Waals surface area contributed by atoms with Gasteiger partial charge in [0, 0.05) is 11.1 Å². The van der Waals surface area contributed by atoms with Crippen LogP contribution in [0.25, 0.3) is 9.88 Å². The number of amides is 1. The Morgan fingerprint density at radius 3 is 2.70 bits per heavy atom. The second-order valence-corrected chi connectivity index (χ2v) is 7.41. The van der Waals surface area contributed by atoms with Crippen LogP contribution >= 0.6 is 22.7 Å². The Labute approximate surface area is 164 Å². The molecule has 0 aliphatic heterocycles. The van der Waals surface area contributed by atoms with Crippen molar-refractivity contribution >= 4 is 40.2 Å². The molecule has 2 aromatic heterocycles. The summed E-state index contributed by atoms with van der Waals surface area (Å²) >= 11 is 3.06. The van der Waals surface area contributed by atoms with E-state index in [1.165, 1.54) is 18.3 Å². The van der Waals surface area contributed by atoms with Gasteiger partial charge in [-0.1, -0.05) is 6.07 Å². The lowest BCUT2D eigenvalue weighted by molar-refractivity contribution is -0.152. The molecule has 6 nitrogen and oxygen atoms in total. The molecule has 8 heteroatoms. The van der Waals surface area contributed by atoms with E-state index in [1.54, 1.807) is 35.6 Å². The van der Waals surface area contributed by atoms with Crippen molar-refractivity contribution in [3.05, 3.63) is 58.4 Å². The molecule has 27 heavy (non-hydrogen) atoms. The number of benzene rings is 1. The summed E-state index contributed by atoms with van der Waals surface area (Å²) in [7, 11) is 0. The van der Waals surface area contributed by atoms with Crippen molar-refractivity contribution in [1.82, 2.24) is 4.98 Å². The molecule has 0 bridgehead atoms. The van der Waals surface area contributed by atoms with E-state index < -0.39 is 18.0 Å². The maximum Gasteiger partial charge on any atom is 0.312 e. The van der Waals surface area contributed by atoms with Gasteiger partial charge in [0.25, 0.3) is 5.91 Å². The molecular formula is C19H15N3O3S2. The van der Waals surface area contributed by atoms with Gasteiger partial charge in [0.2, 0.25) is 0 Å². The highest BCUT2D eigenvalue weighted by molar-refractivity contribution is 7.20. The van der Waals surface area contributed by atoms with Gasteiger partial charge in [0.15, 0.2) is 6.10 Å². The number of aromatic nitrogens is 1. The van der Waals surface area contributed by atoms with Crippen LogP contribution in [0.3, 0.4) is 0 Å². The number of hydrogen-bond donors (Lipinski definition) is 1. The smallest absolute Gasteiger partial charge is 0.312 e. The zero-order valence-corrected chi connectivity index (χ0v) is 16.0. The highest BCUT2D eigenvalue weighted by Gasteiger charge is 2.19. The van der Waals surface area contributed by atoms with Gasteiger partial charge in [0.05, 0.1) is 28.6 Å². The number of carbonyl (C=O) groups is 2. The third-order valence-electron chi connectivity index (χ3n) is 3.57. The summed E-state index contributed by atoms with van der Waals surface area (Å²) < 4.78 is 5.20. The predicted molar refractivity (Wildman–Crippen MR) is 104 cm³/mol. The van der Waals surface area contributed by atoms with E-state index in [9.17, 15) is 9.59 Å². The normalized spacial score (nSPS) is 11.4. The van der Waals surface area contributed by atoms with Crippen molar-refractivity contribution in [2.45, 2.75) is 19.4 Å². The van der Waals surface area contributed by atoms with Crippen LogP contribution in [0.4, 0.5) is 5.69 Å². The van der Waals surface area contributed by atoms with E-state index in [1.807, 2.05) is 29.0 Å². The maximum atomic E-state index is 12.1. The Morgan fingerprint density at radius 1 is 1.26 bits per heavy atom. The lowest BCUT2D eigenvalue weighted by Crippen LogP contribution is -2.30. The molecular weight excluding hydrogens is 382 g/mol. The number of nitrogens with one attached hydrogen (secondary N) is 1. The van der Waals surface area contributed by atoms with Crippen LogP contribution < -0.4 is 5.32 Å². The first-order valence-electron chi connectivity index (χ1n) is 8.04. The fourth-order valence-corrected chi connectivity index (χ4v) is 3.85. The first-order valence-corrected chi connectivity index (χ1v) is 9.80. The van der Waals surface area contributed by atoms with Crippen LogP contribution in [0.1, 0.15) is 18.2 Å². The lowest BCUT2D eigenvalue weighted by atomic mass is 10.2. The third kappa shape index (κ3) is 5.00. The van der Waals surface area contributed by atoms with Crippen LogP contribution in [0, 0.1) is 11.3 Å². The summed E-state index contributed by atoms with van der Waals surface area (Å²) in [5.41, 5.74) is 1.65. The Bertz CT molecular complexity index is 973. The molecule has 0 aliphatic rings. The Hall–Kier alpha value is -3.02. The molecule has 3 rings (SSSR count). The van der Waals surface area contributed by atoms with Crippen molar-refractivity contribution in [3.63, 3.8) is 0 Å². The van der Waals surface area contributed by atoms with Gasteiger partial charge in [0.1, 0.15) is 5.01 Å². The maximum absolute atomic E-state index is 12.1. The second kappa shape index (κ2) is 8.58. The van der Waals surface area contributed by atoms with Crippen molar-refractivity contribution in [1.29, 1.82) is 5.26 Å². The number of carbonyl (C=O) groups excluding carboxylic acids is 2. The van der Waals surface area contributed by atoms with Crippen LogP contribution in [0.2, 0.25) is 0 Å². The number of ether oxygens (including phenoxy) is 1. The van der Waals surface area contributed by atoms with E-state index in [4.69, 9.17) is 10.00 Å². The van der Waals surface area contributed by atoms with E-state index in [0.29, 0.717) is 16.9 Å². The van der Waals surface area contributed by atoms with Gasteiger partial charge >= 0.3 is 5.97 Å². The number of nitriles is 1. The molecule has 0 unspecified atom stereocenters. The fraction of sp³-hybridized carbons (Fsp3) is 0.158. The molecule has 1 aromatic carbocycles. The summed E-state index contributed by atoms with van der Waals surface area (Å²) in [6, 6.07) is 12.4. The molecule has 2 heterocycles. The summed E-state index contributed by atoms with van der Waals surface area (Å²) in [4.78, 5) is 29.7. The molecule has 1 N–H and O–H groups in total. The average Bonchev–Trinajstić information content (AvgIpc) is 3.33. The Balaban J connectivity index is 1.52. The number of hydrogen-bond acceptors (Lipinski definition) is 7. The molecule has 1 amide bonds. The van der Waals surface area contributed by atoms with Crippen molar-refractivity contribution < 1.29 is 14.3 Å². The number of esters is 1. The van der Waals surface area contributed by atoms with E-state index in [2.05, 4.69) is 10.3 Å². The molecule has 0 radical (unpaired) electrons. The SMILES string of the molecule is C[C@H](OC(=O)Cc1csc(-c2cccs2)n1)C(=O)Nc1ccc(C#N)cc1. The summed E-state index contributed by atoms with van der Waals surface area (Å²) in [6.45, 7) is 1.51. The minimum atomic E-state index is -0.941. The zero-order valence-electron chi connectivity index (χ0n) is 14.3. The number of nitrogens with zero attached hydrogens (tertiary/aromatic N) is 2. The lowest BCUT2D eigenvalue weighted by Gasteiger charge is -2.13. The molecule has 0 spiro atoms. The average molecular weight is 397 g/mol. The topological polar surface area (TPSA) is 92.1 Å². The van der Waals surface area contributed by atoms with Crippen molar-refractivity contribution in [2.75, 3.05) is 5.32 Å². The van der Waals surface area contributed by atoms with Crippen molar-refractivity contribution in [2.24, 2.45) is 0 Å². The van der Waals surface area contributed by atoms with Crippen LogP contribution in [-0.2, 0) is 20.7 Å². The minimum absolute atomic E-state index is 0.0103. The van der Waals surface area contributed by atoms with Gasteiger partial charge in [-0.2, -0.15) is 5.26 Å². The Morgan fingerprint density at radius 2 is 2.04 bits per heavy atom. The van der Waals surface area contributed by atoms with Gasteiger partial charge in [-0.15, -0.1) is 22.7 Å². The monoisotopic (exact) mass is 397 g/mol. The van der Waals surface area contributed by atoms with Gasteiger partial charge in [-0.3, -0.25) is 9.59 Å². The van der Waals surface area contributed by atoms with Crippen molar-refractivity contribution in [3.8, 4) is 16.0 Å². The standard InChI is InChI=1S/C19H15N3O3S2/c1-12(18(24)21-14-6-4-13(10-20)5-7-14)25-17(23)9-15-11-27-19(22-15)16-3-2-8-26-16/h2-8,11-12H,9H2,1H3,(H,21,24)/t12-/m0/s1. The van der Waals surface area contributed by atoms with Gasteiger partial charge in [-0.05, 0) is 42.6 Å². The van der Waals surface area contributed by atoms with Gasteiger partial charge < -0.3 is 10.1 Å². The van der Waals surface area contributed by atoms with Crippen LogP contribution in [-0.4, -0.2) is 23.0 Å². The molecule has 3 aromatic rings. The molecule has 1 atom stereocenters. The third-order valence-corrected chi connectivity index (χ3v) is 5.50. The highest BCUT2D eigenvalue weighted by atomic mass is 32.1. The van der Waals surface area contributed by atoms with E-state index in [0.717, 1.165) is 9.88 Å². The summed E-state index contributed by atoms with van der Waals surface area (Å²) in [6.07, 6.45) is -0.931. The highest BCUT2D eigenvalue weighted by Crippen LogP contribution is 2.28. The molecule has 136 valence electrons. The molecule has 0 saturated carbocycles. The number of thiazole rings is 1. The fourth-order valence-electron chi connectivity index (χ4n) is 2.21. The quantitative estimate of drug-likeness (QED) is 0.638. The predicted octanol–water partition coefficient (Wildman–Crippen LogP) is 3.86. The number of rotatable bonds is 6. The summed E-state index contributed by atoms with van der Waals surface area (Å²) in [5.74, 6) is -0.953. The van der Waals surface area contributed by atoms with Gasteiger partial charge in [-0.25, -0.2) is 4.98 Å². The largest absolute Gasteiger partial charge is 0.452 e. The first-order chi connectivity index (χ1) is 13.0. The molecule has 0 saturated heterocycles. The van der Waals surface area contributed by atoms with Crippen LogP contribution in [0.15, 0.2) is 47.2 Å². The summed E-state index contributed by atoms with van der Waals surface area (Å²) in [5, 5.41) is 16.1. The zero-order chi connectivity index (χ0) is 19.2.